The van der Waals surface area contributed by atoms with Crippen LogP contribution < -0.4 is 16.1 Å². The van der Waals surface area contributed by atoms with Gasteiger partial charge in [0.05, 0.1) is 0 Å². The number of fused-ring (bicyclic) bond motifs is 3. The van der Waals surface area contributed by atoms with E-state index in [9.17, 15) is 9.59 Å². The van der Waals surface area contributed by atoms with Gasteiger partial charge in [-0.25, -0.2) is 4.79 Å². The van der Waals surface area contributed by atoms with Gasteiger partial charge in [0, 0.05) is 37.4 Å². The number of benzene rings is 2. The van der Waals surface area contributed by atoms with Crippen LogP contribution in [0.5, 0.6) is 0 Å². The standard InChI is InChI=1S/C25H26ClN5O2/c1-16-14-30(20-13-19(26)10-9-17(20)2)24-27-22-21(31(24)15-16)23(32)29(25(33)28(22)3)12-11-18-7-5-4-6-8-18/h4-10,13,16H,11-12,14-15H2,1-3H3/t16-/m1/s1. The van der Waals surface area contributed by atoms with Crippen molar-refractivity contribution >= 4 is 34.4 Å². The summed E-state index contributed by atoms with van der Waals surface area (Å²) in [5, 5.41) is 0.646. The number of hydrogen-bond donors (Lipinski definition) is 0. The smallest absolute Gasteiger partial charge is 0.311 e. The van der Waals surface area contributed by atoms with Gasteiger partial charge < -0.3 is 9.47 Å². The summed E-state index contributed by atoms with van der Waals surface area (Å²) in [6.45, 7) is 5.91. The van der Waals surface area contributed by atoms with Gasteiger partial charge in [-0.05, 0) is 42.5 Å². The lowest BCUT2D eigenvalue weighted by Gasteiger charge is -2.33. The van der Waals surface area contributed by atoms with E-state index in [4.69, 9.17) is 16.6 Å². The predicted octanol–water partition coefficient (Wildman–Crippen LogP) is 3.89. The molecule has 3 heterocycles. The molecule has 7 nitrogen and oxygen atoms in total. The van der Waals surface area contributed by atoms with Crippen molar-refractivity contribution in [3.63, 3.8) is 0 Å². The molecular formula is C25H26ClN5O2. The zero-order chi connectivity index (χ0) is 23.3. The molecule has 0 N–H and O–H groups in total. The Balaban J connectivity index is 1.67. The number of aryl methyl sites for hydroxylation is 3. The summed E-state index contributed by atoms with van der Waals surface area (Å²) in [6, 6.07) is 15.6. The molecule has 0 saturated heterocycles. The van der Waals surface area contributed by atoms with Gasteiger partial charge in [-0.3, -0.25) is 13.9 Å². The van der Waals surface area contributed by atoms with Crippen molar-refractivity contribution in [3.8, 4) is 0 Å². The van der Waals surface area contributed by atoms with Crippen molar-refractivity contribution < 1.29 is 0 Å². The molecule has 33 heavy (non-hydrogen) atoms. The fourth-order valence-corrected chi connectivity index (χ4v) is 4.83. The molecule has 0 amide bonds. The molecule has 1 aliphatic heterocycles. The molecule has 0 bridgehead atoms. The Hall–Kier alpha value is -3.32. The van der Waals surface area contributed by atoms with Crippen LogP contribution in [0, 0.1) is 12.8 Å². The molecule has 0 radical (unpaired) electrons. The van der Waals surface area contributed by atoms with Crippen molar-refractivity contribution in [3.05, 3.63) is 85.5 Å². The molecule has 4 aromatic rings. The lowest BCUT2D eigenvalue weighted by atomic mass is 10.1. The minimum atomic E-state index is -0.350. The van der Waals surface area contributed by atoms with Gasteiger partial charge in [-0.1, -0.05) is 54.9 Å². The average molecular weight is 464 g/mol. The Morgan fingerprint density at radius 1 is 1.09 bits per heavy atom. The topological polar surface area (TPSA) is 65.1 Å². The summed E-state index contributed by atoms with van der Waals surface area (Å²) in [5.74, 6) is 0.948. The van der Waals surface area contributed by atoms with E-state index < -0.39 is 0 Å². The van der Waals surface area contributed by atoms with Gasteiger partial charge in [0.25, 0.3) is 5.56 Å². The van der Waals surface area contributed by atoms with Gasteiger partial charge in [0.1, 0.15) is 0 Å². The summed E-state index contributed by atoms with van der Waals surface area (Å²) in [7, 11) is 1.68. The van der Waals surface area contributed by atoms with Crippen molar-refractivity contribution in [2.45, 2.75) is 33.4 Å². The Kier molecular flexibility index (Phi) is 5.37. The van der Waals surface area contributed by atoms with E-state index in [1.54, 1.807) is 7.05 Å². The fourth-order valence-electron chi connectivity index (χ4n) is 4.66. The van der Waals surface area contributed by atoms with Crippen molar-refractivity contribution in [1.29, 1.82) is 0 Å². The van der Waals surface area contributed by atoms with E-state index in [1.165, 1.54) is 9.13 Å². The minimum Gasteiger partial charge on any atom is -0.311 e. The minimum absolute atomic E-state index is 0.280. The van der Waals surface area contributed by atoms with Crippen molar-refractivity contribution in [1.82, 2.24) is 18.7 Å². The Bertz CT molecular complexity index is 1470. The summed E-state index contributed by atoms with van der Waals surface area (Å²) < 4.78 is 4.78. The Morgan fingerprint density at radius 3 is 2.61 bits per heavy atom. The quantitative estimate of drug-likeness (QED) is 0.460. The van der Waals surface area contributed by atoms with E-state index in [0.717, 1.165) is 23.4 Å². The highest BCUT2D eigenvalue weighted by Crippen LogP contribution is 2.35. The first kappa shape index (κ1) is 21.5. The van der Waals surface area contributed by atoms with Crippen LogP contribution in [0.15, 0.2) is 58.1 Å². The third-order valence-corrected chi connectivity index (χ3v) is 6.61. The van der Waals surface area contributed by atoms with E-state index in [0.29, 0.717) is 41.6 Å². The lowest BCUT2D eigenvalue weighted by Crippen LogP contribution is -2.41. The highest BCUT2D eigenvalue weighted by Gasteiger charge is 2.30. The van der Waals surface area contributed by atoms with E-state index in [2.05, 4.69) is 11.8 Å². The van der Waals surface area contributed by atoms with E-state index in [-0.39, 0.29) is 17.2 Å². The molecule has 0 saturated carbocycles. The normalized spacial score (nSPS) is 15.8. The molecule has 0 spiro atoms. The van der Waals surface area contributed by atoms with Crippen molar-refractivity contribution in [2.75, 3.05) is 11.4 Å². The number of anilines is 2. The zero-order valence-electron chi connectivity index (χ0n) is 19.0. The first-order valence-corrected chi connectivity index (χ1v) is 11.5. The number of hydrogen-bond acceptors (Lipinski definition) is 4. The second kappa shape index (κ2) is 8.23. The largest absolute Gasteiger partial charge is 0.332 e. The zero-order valence-corrected chi connectivity index (χ0v) is 19.7. The fraction of sp³-hybridized carbons (Fsp3) is 0.320. The van der Waals surface area contributed by atoms with E-state index >= 15 is 0 Å². The maximum atomic E-state index is 13.6. The molecule has 2 aromatic carbocycles. The number of imidazole rings is 1. The van der Waals surface area contributed by atoms with E-state index in [1.807, 2.05) is 60.0 Å². The second-order valence-electron chi connectivity index (χ2n) is 8.88. The van der Waals surface area contributed by atoms with Crippen LogP contribution in [-0.4, -0.2) is 25.2 Å². The summed E-state index contributed by atoms with van der Waals surface area (Å²) in [6.07, 6.45) is 0.604. The number of aromatic nitrogens is 4. The molecular weight excluding hydrogens is 438 g/mol. The van der Waals surface area contributed by atoms with Gasteiger partial charge in [0.2, 0.25) is 5.95 Å². The lowest BCUT2D eigenvalue weighted by molar-refractivity contribution is 0.457. The monoisotopic (exact) mass is 463 g/mol. The molecule has 0 unspecified atom stereocenters. The first-order valence-electron chi connectivity index (χ1n) is 11.1. The number of nitrogens with zero attached hydrogens (tertiary/aromatic N) is 5. The molecule has 8 heteroatoms. The Morgan fingerprint density at radius 2 is 1.85 bits per heavy atom. The molecule has 1 aliphatic rings. The van der Waals surface area contributed by atoms with Crippen LogP contribution in [0.3, 0.4) is 0 Å². The summed E-state index contributed by atoms with van der Waals surface area (Å²) >= 11 is 6.30. The summed E-state index contributed by atoms with van der Waals surface area (Å²) in [4.78, 5) is 33.6. The van der Waals surface area contributed by atoms with Gasteiger partial charge in [-0.15, -0.1) is 0 Å². The molecule has 5 rings (SSSR count). The van der Waals surface area contributed by atoms with Crippen LogP contribution in [0.4, 0.5) is 11.6 Å². The van der Waals surface area contributed by atoms with Gasteiger partial charge in [-0.2, -0.15) is 4.98 Å². The highest BCUT2D eigenvalue weighted by atomic mass is 35.5. The van der Waals surface area contributed by atoms with Crippen LogP contribution in [0.2, 0.25) is 5.02 Å². The molecule has 0 fully saturated rings. The van der Waals surface area contributed by atoms with Crippen LogP contribution in [0.1, 0.15) is 18.1 Å². The first-order chi connectivity index (χ1) is 15.8. The Labute approximate surface area is 196 Å². The highest BCUT2D eigenvalue weighted by molar-refractivity contribution is 6.30. The third kappa shape index (κ3) is 3.66. The number of halogens is 1. The number of rotatable bonds is 4. The van der Waals surface area contributed by atoms with Crippen molar-refractivity contribution in [2.24, 2.45) is 13.0 Å². The van der Waals surface area contributed by atoms with Crippen LogP contribution in [0.25, 0.3) is 11.2 Å². The molecule has 1 atom stereocenters. The molecule has 170 valence electrons. The van der Waals surface area contributed by atoms with Crippen LogP contribution >= 0.6 is 11.6 Å². The average Bonchev–Trinajstić information content (AvgIpc) is 3.19. The van der Waals surface area contributed by atoms with Gasteiger partial charge >= 0.3 is 5.69 Å². The molecule has 0 aliphatic carbocycles. The maximum Gasteiger partial charge on any atom is 0.332 e. The molecule has 2 aromatic heterocycles. The summed E-state index contributed by atoms with van der Waals surface area (Å²) in [5.41, 5.74) is 3.35. The predicted molar refractivity (Wildman–Crippen MR) is 132 cm³/mol. The maximum absolute atomic E-state index is 13.6. The van der Waals surface area contributed by atoms with Crippen LogP contribution in [-0.2, 0) is 26.6 Å². The SMILES string of the molecule is Cc1ccc(Cl)cc1N1C[C@@H](C)Cn2c1nc1c2c(=O)n(CCc2ccccc2)c(=O)n1C. The van der Waals surface area contributed by atoms with Gasteiger partial charge in [0.15, 0.2) is 11.2 Å². The third-order valence-electron chi connectivity index (χ3n) is 6.37. The second-order valence-corrected chi connectivity index (χ2v) is 9.31.